The topological polar surface area (TPSA) is 68.3 Å². The Labute approximate surface area is 154 Å². The van der Waals surface area contributed by atoms with Crippen molar-refractivity contribution in [3.8, 4) is 5.75 Å². The van der Waals surface area contributed by atoms with Crippen LogP contribution in [0.4, 0.5) is 0 Å². The number of hydrogen-bond acceptors (Lipinski definition) is 6. The van der Waals surface area contributed by atoms with Gasteiger partial charge < -0.3 is 14.2 Å². The predicted molar refractivity (Wildman–Crippen MR) is 96.0 cm³/mol. The fraction of sp³-hybridized carbons (Fsp3) is 0.667. The van der Waals surface area contributed by atoms with Gasteiger partial charge in [0, 0.05) is 46.3 Å². The van der Waals surface area contributed by atoms with Gasteiger partial charge >= 0.3 is 0 Å². The first-order chi connectivity index (χ1) is 12.6. The maximum Gasteiger partial charge on any atom is 0.243 e. The van der Waals surface area contributed by atoms with E-state index in [1.165, 1.54) is 0 Å². The molecule has 0 bridgehead atoms. The predicted octanol–water partition coefficient (Wildman–Crippen LogP) is 0.732. The van der Waals surface area contributed by atoms with Crippen LogP contribution in [0.25, 0.3) is 0 Å². The second-order valence-corrected chi connectivity index (χ2v) is 8.99. The van der Waals surface area contributed by atoms with E-state index >= 15 is 0 Å². The van der Waals surface area contributed by atoms with E-state index in [0.717, 1.165) is 37.2 Å². The van der Waals surface area contributed by atoms with Gasteiger partial charge in [-0.3, -0.25) is 4.90 Å². The van der Waals surface area contributed by atoms with Gasteiger partial charge in [-0.05, 0) is 30.2 Å². The number of sulfonamides is 1. The number of hydrogen-bond donors (Lipinski definition) is 0. The monoisotopic (exact) mass is 382 g/mol. The maximum atomic E-state index is 13.1. The Bertz CT molecular complexity index is 754. The lowest BCUT2D eigenvalue weighted by Gasteiger charge is -2.36. The largest absolute Gasteiger partial charge is 0.493 e. The number of fused-ring (bicyclic) bond motifs is 2. The Morgan fingerprint density at radius 3 is 3.00 bits per heavy atom. The summed E-state index contributed by atoms with van der Waals surface area (Å²) in [5.74, 6) is 0.798. The molecule has 8 heteroatoms. The fourth-order valence-corrected chi connectivity index (χ4v) is 5.60. The summed E-state index contributed by atoms with van der Waals surface area (Å²) in [6.45, 7) is 4.63. The van der Waals surface area contributed by atoms with Crippen LogP contribution in [0.3, 0.4) is 0 Å². The zero-order valence-corrected chi connectivity index (χ0v) is 15.9. The molecular weight excluding hydrogens is 356 g/mol. The number of morpholine rings is 1. The molecule has 0 N–H and O–H groups in total. The van der Waals surface area contributed by atoms with Crippen LogP contribution < -0.4 is 4.74 Å². The van der Waals surface area contributed by atoms with Gasteiger partial charge in [-0.2, -0.15) is 4.31 Å². The van der Waals surface area contributed by atoms with Gasteiger partial charge in [0.05, 0.1) is 30.3 Å². The van der Waals surface area contributed by atoms with Crippen molar-refractivity contribution in [3.63, 3.8) is 0 Å². The molecule has 1 aromatic rings. The number of nitrogens with zero attached hydrogens (tertiary/aromatic N) is 2. The summed E-state index contributed by atoms with van der Waals surface area (Å²) >= 11 is 0. The molecule has 0 radical (unpaired) electrons. The van der Waals surface area contributed by atoms with Gasteiger partial charge in [0.2, 0.25) is 10.0 Å². The quantitative estimate of drug-likeness (QED) is 0.676. The molecule has 3 aliphatic heterocycles. The molecule has 0 aliphatic carbocycles. The van der Waals surface area contributed by atoms with Crippen molar-refractivity contribution >= 4 is 10.0 Å². The van der Waals surface area contributed by atoms with E-state index in [0.29, 0.717) is 37.8 Å². The molecule has 144 valence electrons. The van der Waals surface area contributed by atoms with Gasteiger partial charge in [-0.1, -0.05) is 0 Å². The van der Waals surface area contributed by atoms with E-state index < -0.39 is 10.0 Å². The zero-order valence-electron chi connectivity index (χ0n) is 15.1. The van der Waals surface area contributed by atoms with E-state index in [1.54, 1.807) is 29.6 Å². The third-order valence-corrected chi connectivity index (χ3v) is 7.30. The average Bonchev–Trinajstić information content (AvgIpc) is 3.28. The summed E-state index contributed by atoms with van der Waals surface area (Å²) in [5.41, 5.74) is 0.972. The molecule has 2 atom stereocenters. The van der Waals surface area contributed by atoms with E-state index in [4.69, 9.17) is 14.2 Å². The van der Waals surface area contributed by atoms with Crippen LogP contribution in [-0.2, 0) is 25.9 Å². The standard InChI is InChI=1S/C18H26N2O5S/c1-23-8-2-6-19-7-10-25-18-13-20(12-16(18)19)26(21,22)15-3-4-17-14(11-15)5-9-24-17/h3-4,11,16,18H,2,5-10,12-13H2,1H3/t16-,18-/m0/s1. The first-order valence-corrected chi connectivity index (χ1v) is 10.6. The van der Waals surface area contributed by atoms with Gasteiger partial charge in [-0.25, -0.2) is 8.42 Å². The van der Waals surface area contributed by atoms with E-state index in [2.05, 4.69) is 4.90 Å². The van der Waals surface area contributed by atoms with Crippen molar-refractivity contribution in [2.24, 2.45) is 0 Å². The van der Waals surface area contributed by atoms with Crippen LogP contribution in [0.1, 0.15) is 12.0 Å². The van der Waals surface area contributed by atoms with Crippen molar-refractivity contribution in [2.45, 2.75) is 29.9 Å². The Hall–Kier alpha value is -1.19. The van der Waals surface area contributed by atoms with Gasteiger partial charge in [0.15, 0.2) is 0 Å². The number of benzene rings is 1. The van der Waals surface area contributed by atoms with Crippen LogP contribution in [0, 0.1) is 0 Å². The molecule has 0 spiro atoms. The molecule has 3 aliphatic rings. The summed E-state index contributed by atoms with van der Waals surface area (Å²) < 4.78 is 44.3. The molecule has 2 fully saturated rings. The van der Waals surface area contributed by atoms with Crippen LogP contribution in [-0.4, -0.2) is 82.9 Å². The maximum absolute atomic E-state index is 13.1. The van der Waals surface area contributed by atoms with Gasteiger partial charge in [-0.15, -0.1) is 0 Å². The lowest BCUT2D eigenvalue weighted by Crippen LogP contribution is -2.51. The molecule has 1 aromatic carbocycles. The number of methoxy groups -OCH3 is 1. The Balaban J connectivity index is 1.50. The Morgan fingerprint density at radius 2 is 2.15 bits per heavy atom. The normalized spacial score (nSPS) is 26.5. The highest BCUT2D eigenvalue weighted by Gasteiger charge is 2.44. The van der Waals surface area contributed by atoms with Crippen molar-refractivity contribution < 1.29 is 22.6 Å². The first-order valence-electron chi connectivity index (χ1n) is 9.20. The van der Waals surface area contributed by atoms with Crippen LogP contribution in [0.5, 0.6) is 5.75 Å². The van der Waals surface area contributed by atoms with E-state index in [1.807, 2.05) is 0 Å². The third kappa shape index (κ3) is 3.36. The minimum Gasteiger partial charge on any atom is -0.493 e. The molecule has 3 heterocycles. The summed E-state index contributed by atoms with van der Waals surface area (Å²) in [6, 6.07) is 5.30. The average molecular weight is 382 g/mol. The summed E-state index contributed by atoms with van der Waals surface area (Å²) in [7, 11) is -1.82. The number of rotatable bonds is 6. The van der Waals surface area contributed by atoms with E-state index in [-0.39, 0.29) is 12.1 Å². The van der Waals surface area contributed by atoms with Crippen LogP contribution in [0.15, 0.2) is 23.1 Å². The fourth-order valence-electron chi connectivity index (χ4n) is 4.08. The molecule has 0 unspecified atom stereocenters. The third-order valence-electron chi connectivity index (χ3n) is 5.48. The van der Waals surface area contributed by atoms with Crippen molar-refractivity contribution in [1.82, 2.24) is 9.21 Å². The highest BCUT2D eigenvalue weighted by atomic mass is 32.2. The lowest BCUT2D eigenvalue weighted by atomic mass is 10.1. The molecule has 0 amide bonds. The minimum atomic E-state index is -3.52. The van der Waals surface area contributed by atoms with Crippen molar-refractivity contribution in [2.75, 3.05) is 53.1 Å². The molecule has 0 aromatic heterocycles. The zero-order chi connectivity index (χ0) is 18.1. The molecule has 7 nitrogen and oxygen atoms in total. The summed E-state index contributed by atoms with van der Waals surface area (Å²) in [4.78, 5) is 2.70. The first kappa shape index (κ1) is 18.2. The Kier molecular flexibility index (Phi) is 5.20. The van der Waals surface area contributed by atoms with Crippen LogP contribution >= 0.6 is 0 Å². The smallest absolute Gasteiger partial charge is 0.243 e. The Morgan fingerprint density at radius 1 is 1.27 bits per heavy atom. The molecule has 4 rings (SSSR count). The van der Waals surface area contributed by atoms with Crippen molar-refractivity contribution in [3.05, 3.63) is 23.8 Å². The second kappa shape index (κ2) is 7.44. The molecular formula is C18H26N2O5S. The number of ether oxygens (including phenoxy) is 3. The van der Waals surface area contributed by atoms with Crippen molar-refractivity contribution in [1.29, 1.82) is 0 Å². The molecule has 26 heavy (non-hydrogen) atoms. The SMILES string of the molecule is COCCCN1CCO[C@H]2CN(S(=O)(=O)c3ccc4c(c3)CCO4)C[C@@H]21. The highest BCUT2D eigenvalue weighted by molar-refractivity contribution is 7.89. The lowest BCUT2D eigenvalue weighted by molar-refractivity contribution is -0.0485. The summed E-state index contributed by atoms with van der Waals surface area (Å²) in [6.07, 6.45) is 1.65. The van der Waals surface area contributed by atoms with E-state index in [9.17, 15) is 8.42 Å². The van der Waals surface area contributed by atoms with Gasteiger partial charge in [0.1, 0.15) is 5.75 Å². The van der Waals surface area contributed by atoms with Gasteiger partial charge in [0.25, 0.3) is 0 Å². The van der Waals surface area contributed by atoms with Crippen LogP contribution in [0.2, 0.25) is 0 Å². The minimum absolute atomic E-state index is 0.0566. The molecule has 0 saturated carbocycles. The highest BCUT2D eigenvalue weighted by Crippen LogP contribution is 2.32. The molecule has 2 saturated heterocycles. The summed E-state index contributed by atoms with van der Waals surface area (Å²) in [5, 5.41) is 0. The second-order valence-electron chi connectivity index (χ2n) is 7.05.